The van der Waals surface area contributed by atoms with E-state index in [1.807, 2.05) is 0 Å². The predicted molar refractivity (Wildman–Crippen MR) is 101 cm³/mol. The van der Waals surface area contributed by atoms with Crippen LogP contribution >= 0.6 is 0 Å². The molecule has 13 heteroatoms. The van der Waals surface area contributed by atoms with Gasteiger partial charge in [0.2, 0.25) is 0 Å². The van der Waals surface area contributed by atoms with Crippen molar-refractivity contribution in [3.8, 4) is 5.69 Å². The monoisotopic (exact) mass is 421 g/mol. The molecule has 1 heterocycles. The van der Waals surface area contributed by atoms with Crippen LogP contribution in [0.5, 0.6) is 0 Å². The average molecular weight is 421 g/mol. The van der Waals surface area contributed by atoms with Gasteiger partial charge in [-0.2, -0.15) is 0 Å². The molecule has 0 fully saturated rings. The Kier molecular flexibility index (Phi) is 6.34. The van der Waals surface area contributed by atoms with Gasteiger partial charge in [-0.05, 0) is 26.8 Å². The van der Waals surface area contributed by atoms with Crippen molar-refractivity contribution in [3.63, 3.8) is 0 Å². The first-order valence-electron chi connectivity index (χ1n) is 8.56. The number of ether oxygens (including phenoxy) is 1. The van der Waals surface area contributed by atoms with Crippen molar-refractivity contribution in [3.05, 3.63) is 56.6 Å². The van der Waals surface area contributed by atoms with Crippen molar-refractivity contribution in [2.24, 2.45) is 0 Å². The van der Waals surface area contributed by atoms with E-state index in [-0.39, 0.29) is 17.8 Å². The zero-order valence-corrected chi connectivity index (χ0v) is 16.3. The van der Waals surface area contributed by atoms with Crippen LogP contribution in [0.3, 0.4) is 0 Å². The number of carbonyl (C=O) groups is 2. The van der Waals surface area contributed by atoms with Crippen LogP contribution in [-0.2, 0) is 16.0 Å². The summed E-state index contributed by atoms with van der Waals surface area (Å²) in [6.45, 7) is 4.88. The lowest BCUT2D eigenvalue weighted by atomic mass is 10.1. The maximum atomic E-state index is 11.8. The van der Waals surface area contributed by atoms with Gasteiger partial charge in [-0.15, -0.1) is 0 Å². The molecule has 0 aliphatic rings. The number of imidazole rings is 1. The maximum Gasteiger partial charge on any atom is 0.408 e. The van der Waals surface area contributed by atoms with Gasteiger partial charge in [0.25, 0.3) is 11.4 Å². The fraction of sp³-hybridized carbons (Fsp3) is 0.353. The van der Waals surface area contributed by atoms with Gasteiger partial charge in [0.05, 0.1) is 27.9 Å². The van der Waals surface area contributed by atoms with Crippen LogP contribution in [0.1, 0.15) is 26.5 Å². The Morgan fingerprint density at radius 1 is 1.27 bits per heavy atom. The van der Waals surface area contributed by atoms with E-state index in [0.717, 1.165) is 12.1 Å². The Hall–Kier alpha value is -4.03. The zero-order chi connectivity index (χ0) is 22.6. The maximum absolute atomic E-state index is 11.8. The molecule has 0 saturated carbocycles. The van der Waals surface area contributed by atoms with E-state index >= 15 is 0 Å². The largest absolute Gasteiger partial charge is 0.480 e. The topological polar surface area (TPSA) is 180 Å². The number of alkyl carbamates (subject to hydrolysis) is 1. The number of hydrogen-bond acceptors (Lipinski definition) is 8. The van der Waals surface area contributed by atoms with E-state index < -0.39 is 44.9 Å². The molecule has 30 heavy (non-hydrogen) atoms. The summed E-state index contributed by atoms with van der Waals surface area (Å²) in [6.07, 6.45) is 1.40. The van der Waals surface area contributed by atoms with Crippen molar-refractivity contribution in [1.82, 2.24) is 14.9 Å². The third kappa shape index (κ3) is 5.73. The first-order chi connectivity index (χ1) is 13.9. The van der Waals surface area contributed by atoms with E-state index in [0.29, 0.717) is 0 Å². The number of rotatable bonds is 7. The van der Waals surface area contributed by atoms with Crippen LogP contribution in [0.15, 0.2) is 30.7 Å². The second kappa shape index (κ2) is 8.55. The normalized spacial score (nSPS) is 12.1. The van der Waals surface area contributed by atoms with Crippen LogP contribution in [-0.4, -0.2) is 48.2 Å². The molecule has 1 atom stereocenters. The first-order valence-corrected chi connectivity index (χ1v) is 8.56. The molecule has 1 aromatic carbocycles. The molecule has 0 aliphatic carbocycles. The van der Waals surface area contributed by atoms with Crippen molar-refractivity contribution < 1.29 is 29.3 Å². The van der Waals surface area contributed by atoms with E-state index in [1.165, 1.54) is 23.2 Å². The lowest BCUT2D eigenvalue weighted by Crippen LogP contribution is -2.44. The van der Waals surface area contributed by atoms with Crippen LogP contribution in [0.2, 0.25) is 0 Å². The molecular formula is C17H19N5O8. The van der Waals surface area contributed by atoms with E-state index in [9.17, 15) is 34.9 Å². The van der Waals surface area contributed by atoms with Gasteiger partial charge in [0.1, 0.15) is 17.3 Å². The highest BCUT2D eigenvalue weighted by Crippen LogP contribution is 2.28. The molecule has 2 rings (SSSR count). The fourth-order valence-corrected chi connectivity index (χ4v) is 2.45. The minimum atomic E-state index is -1.35. The van der Waals surface area contributed by atoms with Crippen molar-refractivity contribution in [2.75, 3.05) is 0 Å². The molecule has 160 valence electrons. The van der Waals surface area contributed by atoms with Crippen molar-refractivity contribution >= 4 is 23.4 Å². The molecule has 2 N–H and O–H groups in total. The number of carbonyl (C=O) groups excluding carboxylic acids is 1. The molecule has 1 aromatic heterocycles. The third-order valence-corrected chi connectivity index (χ3v) is 3.68. The number of aromatic nitrogens is 2. The number of carboxylic acids is 1. The van der Waals surface area contributed by atoms with Crippen molar-refractivity contribution in [2.45, 2.75) is 38.8 Å². The number of nitro benzene ring substituents is 2. The molecule has 0 saturated heterocycles. The smallest absolute Gasteiger partial charge is 0.408 e. The zero-order valence-electron chi connectivity index (χ0n) is 16.3. The number of benzene rings is 1. The Morgan fingerprint density at radius 3 is 2.47 bits per heavy atom. The summed E-state index contributed by atoms with van der Waals surface area (Å²) >= 11 is 0. The lowest BCUT2D eigenvalue weighted by molar-refractivity contribution is -0.394. The predicted octanol–water partition coefficient (Wildman–Crippen LogP) is 2.21. The Balaban J connectivity index is 2.25. The Bertz CT molecular complexity index is 994. The molecule has 0 radical (unpaired) electrons. The van der Waals surface area contributed by atoms with E-state index in [2.05, 4.69) is 10.3 Å². The SMILES string of the molecule is CC(C)(C)OC(=O)N[C@@H](Cc1cn(-c2ccc([N+](=O)[O-])cc2[N+](=O)[O-])cn1)C(=O)O. The lowest BCUT2D eigenvalue weighted by Gasteiger charge is -2.21. The standard InChI is InChI=1S/C17H19N5O8/c1-17(2,3)30-16(25)19-12(15(23)24)6-10-8-20(9-18-10)13-5-4-11(21(26)27)7-14(13)22(28)29/h4-5,7-9,12H,6H2,1-3H3,(H,19,25)(H,23,24)/t12-/m0/s1. The van der Waals surface area contributed by atoms with Gasteiger partial charge in [-0.25, -0.2) is 14.6 Å². The first kappa shape index (κ1) is 22.3. The minimum Gasteiger partial charge on any atom is -0.480 e. The van der Waals surface area contributed by atoms with E-state index in [1.54, 1.807) is 20.8 Å². The third-order valence-electron chi connectivity index (χ3n) is 3.68. The minimum absolute atomic E-state index is 0.0105. The highest BCUT2D eigenvalue weighted by atomic mass is 16.6. The summed E-state index contributed by atoms with van der Waals surface area (Å²) in [5.74, 6) is -1.32. The summed E-state index contributed by atoms with van der Waals surface area (Å²) in [7, 11) is 0. The summed E-state index contributed by atoms with van der Waals surface area (Å²) < 4.78 is 6.27. The van der Waals surface area contributed by atoms with Crippen LogP contribution in [0.25, 0.3) is 5.69 Å². The summed E-state index contributed by atoms with van der Waals surface area (Å²) in [5.41, 5.74) is -1.56. The number of non-ortho nitro benzene ring substituents is 1. The molecule has 0 bridgehead atoms. The highest BCUT2D eigenvalue weighted by Gasteiger charge is 2.26. The van der Waals surface area contributed by atoms with Crippen LogP contribution < -0.4 is 5.32 Å². The number of nitrogens with one attached hydrogen (secondary N) is 1. The van der Waals surface area contributed by atoms with Crippen LogP contribution in [0, 0.1) is 20.2 Å². The Labute approximate surface area is 169 Å². The average Bonchev–Trinajstić information content (AvgIpc) is 3.07. The molecular weight excluding hydrogens is 402 g/mol. The fourth-order valence-electron chi connectivity index (χ4n) is 2.45. The van der Waals surface area contributed by atoms with Gasteiger partial charge in [0.15, 0.2) is 0 Å². The van der Waals surface area contributed by atoms with Crippen LogP contribution in [0.4, 0.5) is 16.2 Å². The molecule has 0 aliphatic heterocycles. The molecule has 0 unspecified atom stereocenters. The second-order valence-corrected chi connectivity index (χ2v) is 7.20. The molecule has 13 nitrogen and oxygen atoms in total. The molecule has 0 spiro atoms. The summed E-state index contributed by atoms with van der Waals surface area (Å²) in [6, 6.07) is 1.76. The van der Waals surface area contributed by atoms with Gasteiger partial charge >= 0.3 is 12.1 Å². The quantitative estimate of drug-likeness (QED) is 0.500. The molecule has 2 aromatic rings. The number of aliphatic carboxylic acids is 1. The van der Waals surface area contributed by atoms with Gasteiger partial charge < -0.3 is 15.2 Å². The summed E-state index contributed by atoms with van der Waals surface area (Å²) in [5, 5.41) is 33.7. The number of amides is 1. The van der Waals surface area contributed by atoms with E-state index in [4.69, 9.17) is 4.74 Å². The van der Waals surface area contributed by atoms with Gasteiger partial charge in [0, 0.05) is 18.7 Å². The Morgan fingerprint density at radius 2 is 1.93 bits per heavy atom. The number of nitro groups is 2. The highest BCUT2D eigenvalue weighted by molar-refractivity contribution is 5.80. The molecule has 1 amide bonds. The van der Waals surface area contributed by atoms with Crippen molar-refractivity contribution in [1.29, 1.82) is 0 Å². The van der Waals surface area contributed by atoms with Gasteiger partial charge in [-0.3, -0.25) is 24.8 Å². The number of nitrogens with zero attached hydrogens (tertiary/aromatic N) is 4. The second-order valence-electron chi connectivity index (χ2n) is 7.20. The summed E-state index contributed by atoms with van der Waals surface area (Å²) in [4.78, 5) is 47.9. The number of carboxylic acid groups (broad SMARTS) is 1. The number of hydrogen-bond donors (Lipinski definition) is 2. The van der Waals surface area contributed by atoms with Gasteiger partial charge in [-0.1, -0.05) is 0 Å².